The molecule has 2 nitrogen and oxygen atoms in total. The molecule has 1 saturated heterocycles. The highest BCUT2D eigenvalue weighted by Gasteiger charge is 2.50. The Bertz CT molecular complexity index is 633. The van der Waals surface area contributed by atoms with Crippen LogP contribution < -0.4 is 4.74 Å². The van der Waals surface area contributed by atoms with Gasteiger partial charge in [-0.1, -0.05) is 19.4 Å². The van der Waals surface area contributed by atoms with Crippen molar-refractivity contribution in [1.82, 2.24) is 0 Å². The molecule has 0 amide bonds. The fourth-order valence-corrected chi connectivity index (χ4v) is 6.58. The van der Waals surface area contributed by atoms with E-state index < -0.39 is 0 Å². The molecule has 25 heavy (non-hydrogen) atoms. The van der Waals surface area contributed by atoms with E-state index >= 15 is 0 Å². The maximum Gasteiger partial charge on any atom is 0.199 e. The normalized spacial score (nSPS) is 40.0. The fraction of sp³-hybridized carbons (Fsp3) is 0.739. The Morgan fingerprint density at radius 3 is 2.88 bits per heavy atom. The first-order valence-electron chi connectivity index (χ1n) is 10.6. The zero-order valence-electron chi connectivity index (χ0n) is 15.6. The van der Waals surface area contributed by atoms with E-state index in [1.165, 1.54) is 57.8 Å². The summed E-state index contributed by atoms with van der Waals surface area (Å²) >= 11 is 0. The van der Waals surface area contributed by atoms with Gasteiger partial charge in [-0.05, 0) is 97.8 Å². The first-order valence-corrected chi connectivity index (χ1v) is 10.6. The van der Waals surface area contributed by atoms with Gasteiger partial charge in [0.15, 0.2) is 6.29 Å². The van der Waals surface area contributed by atoms with E-state index in [0.29, 0.717) is 5.41 Å². The van der Waals surface area contributed by atoms with Crippen LogP contribution in [0.4, 0.5) is 0 Å². The molecule has 1 aromatic rings. The van der Waals surface area contributed by atoms with Gasteiger partial charge in [-0.3, -0.25) is 0 Å². The maximum atomic E-state index is 6.12. The molecule has 4 aliphatic rings. The van der Waals surface area contributed by atoms with Crippen molar-refractivity contribution in [2.75, 3.05) is 6.61 Å². The molecule has 1 heterocycles. The van der Waals surface area contributed by atoms with Gasteiger partial charge in [0.05, 0.1) is 6.61 Å². The van der Waals surface area contributed by atoms with E-state index in [1.54, 1.807) is 11.1 Å². The molecule has 0 radical (unpaired) electrons. The molecule has 1 aromatic carbocycles. The van der Waals surface area contributed by atoms with Crippen LogP contribution in [0.2, 0.25) is 0 Å². The number of rotatable bonds is 2. The molecule has 0 N–H and O–H groups in total. The minimum absolute atomic E-state index is 0.0305. The second-order valence-electron chi connectivity index (χ2n) is 9.28. The number of fused-ring (bicyclic) bond motifs is 5. The molecule has 2 saturated carbocycles. The maximum absolute atomic E-state index is 6.12. The van der Waals surface area contributed by atoms with Crippen LogP contribution in [0, 0.1) is 17.3 Å². The predicted molar refractivity (Wildman–Crippen MR) is 99.9 cm³/mol. The predicted octanol–water partition coefficient (Wildman–Crippen LogP) is 5.84. The molecule has 2 heteroatoms. The standard InChI is InChI=1S/C23H32O2/c1-23-12-4-5-21(23)20-9-7-16-15-17(25-22-6-2-3-14-24-22)8-10-18(16)19(20)11-13-23/h8,10,15,19-22H,2-7,9,11-14H2,1H3. The average molecular weight is 341 g/mol. The molecule has 5 rings (SSSR count). The summed E-state index contributed by atoms with van der Waals surface area (Å²) < 4.78 is 11.9. The van der Waals surface area contributed by atoms with Gasteiger partial charge in [-0.15, -0.1) is 0 Å². The van der Waals surface area contributed by atoms with Crippen molar-refractivity contribution in [3.8, 4) is 5.75 Å². The lowest BCUT2D eigenvalue weighted by atomic mass is 9.56. The van der Waals surface area contributed by atoms with Crippen molar-refractivity contribution >= 4 is 0 Å². The Hall–Kier alpha value is -1.02. The number of aryl methyl sites for hydroxylation is 1. The highest BCUT2D eigenvalue weighted by atomic mass is 16.7. The largest absolute Gasteiger partial charge is 0.465 e. The molecule has 0 aromatic heterocycles. The number of hydrogen-bond donors (Lipinski definition) is 0. The summed E-state index contributed by atoms with van der Waals surface area (Å²) in [5, 5.41) is 0. The van der Waals surface area contributed by atoms with Crippen LogP contribution in [0.25, 0.3) is 0 Å². The van der Waals surface area contributed by atoms with Gasteiger partial charge in [0, 0.05) is 6.42 Å². The third-order valence-electron chi connectivity index (χ3n) is 7.88. The Morgan fingerprint density at radius 2 is 2.00 bits per heavy atom. The molecular weight excluding hydrogens is 308 g/mol. The van der Waals surface area contributed by atoms with Crippen LogP contribution in [0.15, 0.2) is 18.2 Å². The topological polar surface area (TPSA) is 18.5 Å². The van der Waals surface area contributed by atoms with E-state index in [1.807, 2.05) is 0 Å². The quantitative estimate of drug-likeness (QED) is 0.673. The van der Waals surface area contributed by atoms with E-state index in [0.717, 1.165) is 36.5 Å². The van der Waals surface area contributed by atoms with Gasteiger partial charge in [-0.2, -0.15) is 0 Å². The first-order chi connectivity index (χ1) is 12.2. The number of ether oxygens (including phenoxy) is 2. The number of benzene rings is 1. The molecule has 0 spiro atoms. The van der Waals surface area contributed by atoms with E-state index in [4.69, 9.17) is 9.47 Å². The third kappa shape index (κ3) is 2.81. The van der Waals surface area contributed by atoms with Crippen molar-refractivity contribution in [1.29, 1.82) is 0 Å². The van der Waals surface area contributed by atoms with Crippen LogP contribution in [-0.2, 0) is 11.2 Å². The highest BCUT2D eigenvalue weighted by molar-refractivity contribution is 5.40. The molecule has 3 aliphatic carbocycles. The molecule has 5 atom stereocenters. The van der Waals surface area contributed by atoms with Crippen LogP contribution in [0.5, 0.6) is 5.75 Å². The second-order valence-corrected chi connectivity index (χ2v) is 9.28. The van der Waals surface area contributed by atoms with E-state index in [9.17, 15) is 0 Å². The van der Waals surface area contributed by atoms with Crippen LogP contribution in [0.1, 0.15) is 81.8 Å². The van der Waals surface area contributed by atoms with Crippen molar-refractivity contribution in [2.24, 2.45) is 17.3 Å². The summed E-state index contributed by atoms with van der Waals surface area (Å²) in [7, 11) is 0. The molecule has 3 fully saturated rings. The minimum Gasteiger partial charge on any atom is -0.465 e. The summed E-state index contributed by atoms with van der Waals surface area (Å²) in [6.45, 7) is 3.43. The second kappa shape index (κ2) is 6.30. The smallest absolute Gasteiger partial charge is 0.199 e. The Balaban J connectivity index is 1.36. The molecule has 5 unspecified atom stereocenters. The van der Waals surface area contributed by atoms with Gasteiger partial charge in [0.25, 0.3) is 0 Å². The lowest BCUT2D eigenvalue weighted by Crippen LogP contribution is -2.39. The van der Waals surface area contributed by atoms with E-state index in [-0.39, 0.29) is 6.29 Å². The Labute approximate surface area is 152 Å². The Morgan fingerprint density at radius 1 is 1.04 bits per heavy atom. The summed E-state index contributed by atoms with van der Waals surface area (Å²) in [6.07, 6.45) is 13.3. The summed E-state index contributed by atoms with van der Waals surface area (Å²) in [5.74, 6) is 3.73. The zero-order chi connectivity index (χ0) is 16.9. The number of hydrogen-bond acceptors (Lipinski definition) is 2. The van der Waals surface area contributed by atoms with Crippen LogP contribution in [0.3, 0.4) is 0 Å². The summed E-state index contributed by atoms with van der Waals surface area (Å²) in [4.78, 5) is 0. The fourth-order valence-electron chi connectivity index (χ4n) is 6.58. The van der Waals surface area contributed by atoms with Crippen molar-refractivity contribution < 1.29 is 9.47 Å². The molecular formula is C23H32O2. The van der Waals surface area contributed by atoms with Gasteiger partial charge in [-0.25, -0.2) is 0 Å². The van der Waals surface area contributed by atoms with Gasteiger partial charge >= 0.3 is 0 Å². The van der Waals surface area contributed by atoms with Crippen LogP contribution in [-0.4, -0.2) is 12.9 Å². The van der Waals surface area contributed by atoms with Gasteiger partial charge < -0.3 is 9.47 Å². The monoisotopic (exact) mass is 340 g/mol. The summed E-state index contributed by atoms with van der Waals surface area (Å²) in [6, 6.07) is 6.93. The molecule has 0 bridgehead atoms. The van der Waals surface area contributed by atoms with Gasteiger partial charge in [0.1, 0.15) is 5.75 Å². The third-order valence-corrected chi connectivity index (χ3v) is 7.88. The lowest BCUT2D eigenvalue weighted by molar-refractivity contribution is -0.105. The molecule has 136 valence electrons. The van der Waals surface area contributed by atoms with Crippen molar-refractivity contribution in [3.63, 3.8) is 0 Å². The minimum atomic E-state index is -0.0305. The SMILES string of the molecule is CC12CCCC1C1CCc3cc(OC4CCCCO4)ccc3C1CC2. The Kier molecular flexibility index (Phi) is 4.08. The molecule has 1 aliphatic heterocycles. The van der Waals surface area contributed by atoms with Crippen LogP contribution >= 0.6 is 0 Å². The first kappa shape index (κ1) is 16.2. The lowest BCUT2D eigenvalue weighted by Gasteiger charge is -2.49. The van der Waals surface area contributed by atoms with Crippen molar-refractivity contribution in [2.45, 2.75) is 83.3 Å². The average Bonchev–Trinajstić information content (AvgIpc) is 3.04. The highest BCUT2D eigenvalue weighted by Crippen LogP contribution is 2.60. The summed E-state index contributed by atoms with van der Waals surface area (Å²) in [5.41, 5.74) is 3.85. The van der Waals surface area contributed by atoms with Gasteiger partial charge in [0.2, 0.25) is 0 Å². The van der Waals surface area contributed by atoms with E-state index in [2.05, 4.69) is 25.1 Å². The zero-order valence-corrected chi connectivity index (χ0v) is 15.6. The van der Waals surface area contributed by atoms with Crippen molar-refractivity contribution in [3.05, 3.63) is 29.3 Å².